The van der Waals surface area contributed by atoms with Crippen molar-refractivity contribution in [3.63, 3.8) is 0 Å². The van der Waals surface area contributed by atoms with E-state index < -0.39 is 17.5 Å². The smallest absolute Gasteiger partial charge is 0.408 e. The molecule has 1 aromatic carbocycles. The van der Waals surface area contributed by atoms with Crippen molar-refractivity contribution in [2.75, 3.05) is 6.61 Å². The van der Waals surface area contributed by atoms with E-state index in [9.17, 15) is 9.18 Å². The minimum Gasteiger partial charge on any atom is -0.488 e. The average molecular weight is 253 g/mol. The zero-order chi connectivity index (χ0) is 13.3. The molecule has 1 N–H and O–H groups in total. The van der Waals surface area contributed by atoms with E-state index in [-0.39, 0.29) is 18.4 Å². The number of benzene rings is 1. The Balaban J connectivity index is 2.06. The second-order valence-electron chi connectivity index (χ2n) is 5.17. The number of nitrogens with one attached hydrogen (secondary N) is 1. The second-order valence-corrected chi connectivity index (χ2v) is 5.17. The van der Waals surface area contributed by atoms with Crippen LogP contribution in [0.2, 0.25) is 0 Å². The zero-order valence-electron chi connectivity index (χ0n) is 10.6. The molecule has 0 saturated carbocycles. The molecule has 0 spiro atoms. The lowest BCUT2D eigenvalue weighted by molar-refractivity contribution is 0.0497. The number of ether oxygens (including phenoxy) is 2. The molecule has 1 unspecified atom stereocenters. The van der Waals surface area contributed by atoms with Gasteiger partial charge in [-0.1, -0.05) is 12.1 Å². The summed E-state index contributed by atoms with van der Waals surface area (Å²) >= 11 is 0. The number of rotatable bonds is 1. The predicted octanol–water partition coefficient (Wildman–Crippen LogP) is 2.78. The summed E-state index contributed by atoms with van der Waals surface area (Å²) in [5.41, 5.74) is 0.0785. The molecular weight excluding hydrogens is 237 g/mol. The van der Waals surface area contributed by atoms with Gasteiger partial charge < -0.3 is 14.8 Å². The van der Waals surface area contributed by atoms with Crippen LogP contribution in [0.3, 0.4) is 0 Å². The molecule has 1 atom stereocenters. The molecule has 1 aliphatic rings. The highest BCUT2D eigenvalue weighted by atomic mass is 19.1. The minimum atomic E-state index is -0.561. The fourth-order valence-electron chi connectivity index (χ4n) is 1.78. The van der Waals surface area contributed by atoms with Gasteiger partial charge in [-0.05, 0) is 26.8 Å². The maximum absolute atomic E-state index is 13.4. The van der Waals surface area contributed by atoms with Crippen LogP contribution in [0, 0.1) is 5.82 Å². The minimum absolute atomic E-state index is 0.207. The van der Waals surface area contributed by atoms with Crippen LogP contribution >= 0.6 is 0 Å². The number of hydrogen-bond acceptors (Lipinski definition) is 3. The van der Waals surface area contributed by atoms with Gasteiger partial charge in [0, 0.05) is 5.56 Å². The summed E-state index contributed by atoms with van der Waals surface area (Å²) in [5.74, 6) is -0.209. The SMILES string of the molecule is CC(C)(C)OC(=O)NC1COc2c(F)cccc21. The van der Waals surface area contributed by atoms with E-state index in [4.69, 9.17) is 9.47 Å². The second kappa shape index (κ2) is 4.48. The van der Waals surface area contributed by atoms with Crippen molar-refractivity contribution in [3.05, 3.63) is 29.6 Å². The van der Waals surface area contributed by atoms with Gasteiger partial charge in [-0.2, -0.15) is 0 Å². The van der Waals surface area contributed by atoms with Crippen LogP contribution in [0.1, 0.15) is 32.4 Å². The number of carbonyl (C=O) groups is 1. The largest absolute Gasteiger partial charge is 0.488 e. The van der Waals surface area contributed by atoms with Gasteiger partial charge >= 0.3 is 6.09 Å². The number of amides is 1. The fraction of sp³-hybridized carbons (Fsp3) is 0.462. The van der Waals surface area contributed by atoms with E-state index in [0.29, 0.717) is 5.56 Å². The average Bonchev–Trinajstić information content (AvgIpc) is 2.60. The molecule has 1 aromatic rings. The van der Waals surface area contributed by atoms with Crippen LogP contribution in [0.15, 0.2) is 18.2 Å². The molecule has 1 aliphatic heterocycles. The highest BCUT2D eigenvalue weighted by Gasteiger charge is 2.29. The molecular formula is C13H16FNO3. The summed E-state index contributed by atoms with van der Waals surface area (Å²) in [6.07, 6.45) is -0.534. The number of hydrogen-bond donors (Lipinski definition) is 1. The Bertz CT molecular complexity index is 468. The quantitative estimate of drug-likeness (QED) is 0.837. The zero-order valence-corrected chi connectivity index (χ0v) is 10.6. The summed E-state index contributed by atoms with van der Waals surface area (Å²) in [7, 11) is 0. The van der Waals surface area contributed by atoms with E-state index in [1.807, 2.05) is 0 Å². The summed E-state index contributed by atoms with van der Waals surface area (Å²) in [6, 6.07) is 4.28. The van der Waals surface area contributed by atoms with Gasteiger partial charge in [0.2, 0.25) is 0 Å². The first kappa shape index (κ1) is 12.7. The number of fused-ring (bicyclic) bond motifs is 1. The van der Waals surface area contributed by atoms with Crippen molar-refractivity contribution in [1.29, 1.82) is 0 Å². The predicted molar refractivity (Wildman–Crippen MR) is 64.0 cm³/mol. The van der Waals surface area contributed by atoms with Crippen LogP contribution in [-0.2, 0) is 4.74 Å². The number of alkyl carbamates (subject to hydrolysis) is 1. The van der Waals surface area contributed by atoms with Gasteiger partial charge in [-0.25, -0.2) is 9.18 Å². The number of carbonyl (C=O) groups excluding carboxylic acids is 1. The summed E-state index contributed by atoms with van der Waals surface area (Å²) in [5, 5.41) is 2.67. The Kier molecular flexibility index (Phi) is 3.15. The molecule has 18 heavy (non-hydrogen) atoms. The standard InChI is InChI=1S/C13H16FNO3/c1-13(2,3)18-12(16)15-10-7-17-11-8(10)5-4-6-9(11)14/h4-6,10H,7H2,1-3H3,(H,15,16). The highest BCUT2D eigenvalue weighted by molar-refractivity contribution is 5.69. The van der Waals surface area contributed by atoms with Crippen molar-refractivity contribution in [1.82, 2.24) is 5.32 Å². The number of halogens is 1. The summed E-state index contributed by atoms with van der Waals surface area (Å²) < 4.78 is 23.8. The van der Waals surface area contributed by atoms with Crippen molar-refractivity contribution in [2.24, 2.45) is 0 Å². The summed E-state index contributed by atoms with van der Waals surface area (Å²) in [4.78, 5) is 11.6. The lowest BCUT2D eigenvalue weighted by atomic mass is 10.1. The van der Waals surface area contributed by atoms with E-state index in [0.717, 1.165) is 0 Å². The Labute approximate surface area is 105 Å². The maximum atomic E-state index is 13.4. The molecule has 0 radical (unpaired) electrons. The first-order valence-electron chi connectivity index (χ1n) is 5.77. The molecule has 5 heteroatoms. The first-order chi connectivity index (χ1) is 8.37. The first-order valence-corrected chi connectivity index (χ1v) is 5.77. The molecule has 0 fully saturated rings. The Morgan fingerprint density at radius 1 is 1.50 bits per heavy atom. The Morgan fingerprint density at radius 3 is 2.89 bits per heavy atom. The van der Waals surface area contributed by atoms with Crippen molar-refractivity contribution < 1.29 is 18.7 Å². The van der Waals surface area contributed by atoms with Crippen molar-refractivity contribution in [3.8, 4) is 5.75 Å². The van der Waals surface area contributed by atoms with Crippen LogP contribution in [0.4, 0.5) is 9.18 Å². The Morgan fingerprint density at radius 2 is 2.22 bits per heavy atom. The van der Waals surface area contributed by atoms with Gasteiger partial charge in [0.05, 0.1) is 6.04 Å². The molecule has 0 aliphatic carbocycles. The van der Waals surface area contributed by atoms with Crippen molar-refractivity contribution >= 4 is 6.09 Å². The molecule has 0 bridgehead atoms. The maximum Gasteiger partial charge on any atom is 0.408 e. The van der Waals surface area contributed by atoms with Crippen molar-refractivity contribution in [2.45, 2.75) is 32.4 Å². The fourth-order valence-corrected chi connectivity index (χ4v) is 1.78. The lowest BCUT2D eigenvalue weighted by Crippen LogP contribution is -2.35. The molecule has 0 saturated heterocycles. The van der Waals surface area contributed by atoms with Crippen LogP contribution < -0.4 is 10.1 Å². The molecule has 1 amide bonds. The monoisotopic (exact) mass is 253 g/mol. The molecule has 1 heterocycles. The third kappa shape index (κ3) is 2.72. The molecule has 0 aromatic heterocycles. The van der Waals surface area contributed by atoms with Gasteiger partial charge in [0.15, 0.2) is 11.6 Å². The normalized spacial score (nSPS) is 17.9. The lowest BCUT2D eigenvalue weighted by Gasteiger charge is -2.21. The topological polar surface area (TPSA) is 47.6 Å². The van der Waals surface area contributed by atoms with E-state index in [1.54, 1.807) is 32.9 Å². The van der Waals surface area contributed by atoms with Gasteiger partial charge in [0.1, 0.15) is 12.2 Å². The van der Waals surface area contributed by atoms with Crippen LogP contribution in [0.25, 0.3) is 0 Å². The third-order valence-corrected chi connectivity index (χ3v) is 2.46. The third-order valence-electron chi connectivity index (χ3n) is 2.46. The number of para-hydroxylation sites is 1. The van der Waals surface area contributed by atoms with Gasteiger partial charge in [-0.3, -0.25) is 0 Å². The van der Waals surface area contributed by atoms with Gasteiger partial charge in [-0.15, -0.1) is 0 Å². The van der Waals surface area contributed by atoms with E-state index in [1.165, 1.54) is 6.07 Å². The van der Waals surface area contributed by atoms with Crippen LogP contribution in [0.5, 0.6) is 5.75 Å². The molecule has 4 nitrogen and oxygen atoms in total. The molecule has 98 valence electrons. The van der Waals surface area contributed by atoms with E-state index in [2.05, 4.69) is 5.32 Å². The van der Waals surface area contributed by atoms with E-state index >= 15 is 0 Å². The Hall–Kier alpha value is -1.78. The molecule has 2 rings (SSSR count). The summed E-state index contributed by atoms with van der Waals surface area (Å²) in [6.45, 7) is 5.57. The van der Waals surface area contributed by atoms with Crippen LogP contribution in [-0.4, -0.2) is 18.3 Å². The highest BCUT2D eigenvalue weighted by Crippen LogP contribution is 2.34. The van der Waals surface area contributed by atoms with Gasteiger partial charge in [0.25, 0.3) is 0 Å².